The first kappa shape index (κ1) is 19.6. The Balaban J connectivity index is 1.52. The molecule has 5 nitrogen and oxygen atoms in total. The fourth-order valence-corrected chi connectivity index (χ4v) is 3.41. The van der Waals surface area contributed by atoms with E-state index in [1.54, 1.807) is 30.5 Å². The molecule has 0 unspecified atom stereocenters. The number of amides is 1. The van der Waals surface area contributed by atoms with Gasteiger partial charge in [0.2, 0.25) is 0 Å². The lowest BCUT2D eigenvalue weighted by Crippen LogP contribution is -2.25. The Morgan fingerprint density at radius 1 is 1.03 bits per heavy atom. The van der Waals surface area contributed by atoms with Gasteiger partial charge in [0.05, 0.1) is 6.21 Å². The molecular formula is C25H23N3O2. The van der Waals surface area contributed by atoms with Gasteiger partial charge < -0.3 is 9.67 Å². The second-order valence-electron chi connectivity index (χ2n) is 7.26. The molecule has 150 valence electrons. The maximum Gasteiger partial charge on any atom is 0.273 e. The number of aliphatic hydroxyl groups is 1. The lowest BCUT2D eigenvalue weighted by atomic mass is 10.1. The SMILES string of the molecule is Cc1ccc(Cn2cc(/C=N\NC(=O)[C@@H](O)c3ccccc3)c3ccccc32)cc1. The van der Waals surface area contributed by atoms with E-state index in [9.17, 15) is 9.90 Å². The number of nitrogens with one attached hydrogen (secondary N) is 1. The van der Waals surface area contributed by atoms with E-state index in [4.69, 9.17) is 0 Å². The average molecular weight is 397 g/mol. The van der Waals surface area contributed by atoms with Crippen molar-refractivity contribution in [2.75, 3.05) is 0 Å². The van der Waals surface area contributed by atoms with E-state index in [1.165, 1.54) is 11.1 Å². The lowest BCUT2D eigenvalue weighted by molar-refractivity contribution is -0.129. The van der Waals surface area contributed by atoms with E-state index in [2.05, 4.69) is 52.3 Å². The van der Waals surface area contributed by atoms with Crippen LogP contribution in [0, 0.1) is 6.92 Å². The second kappa shape index (κ2) is 8.76. The predicted octanol–water partition coefficient (Wildman–Crippen LogP) is 4.18. The third-order valence-electron chi connectivity index (χ3n) is 5.03. The average Bonchev–Trinajstić information content (AvgIpc) is 3.13. The van der Waals surface area contributed by atoms with Crippen molar-refractivity contribution in [3.05, 3.63) is 107 Å². The van der Waals surface area contributed by atoms with Crippen LogP contribution in [0.4, 0.5) is 0 Å². The zero-order chi connectivity index (χ0) is 20.9. The molecule has 30 heavy (non-hydrogen) atoms. The first-order valence-corrected chi connectivity index (χ1v) is 9.81. The lowest BCUT2D eigenvalue weighted by Gasteiger charge is -2.08. The summed E-state index contributed by atoms with van der Waals surface area (Å²) in [6.45, 7) is 2.82. The van der Waals surface area contributed by atoms with Crippen LogP contribution in [0.2, 0.25) is 0 Å². The van der Waals surface area contributed by atoms with Crippen LogP contribution in [-0.4, -0.2) is 21.8 Å². The molecule has 1 heterocycles. The molecule has 0 spiro atoms. The molecule has 1 aromatic heterocycles. The highest BCUT2D eigenvalue weighted by molar-refractivity contribution is 5.99. The summed E-state index contributed by atoms with van der Waals surface area (Å²) in [6.07, 6.45) is 2.38. The summed E-state index contributed by atoms with van der Waals surface area (Å²) in [6, 6.07) is 25.3. The molecule has 3 aromatic carbocycles. The number of hydrogen-bond acceptors (Lipinski definition) is 3. The van der Waals surface area contributed by atoms with Crippen LogP contribution in [0.15, 0.2) is 90.2 Å². The van der Waals surface area contributed by atoms with E-state index in [0.29, 0.717) is 5.56 Å². The standard InChI is InChI=1S/C25H23N3O2/c1-18-11-13-19(14-12-18)16-28-17-21(22-9-5-6-10-23(22)28)15-26-27-25(30)24(29)20-7-3-2-4-8-20/h2-15,17,24,29H,16H2,1H3,(H,27,30)/b26-15-/t24-/m0/s1. The molecule has 0 fully saturated rings. The number of carbonyl (C=O) groups is 1. The Bertz CT molecular complexity index is 1180. The van der Waals surface area contributed by atoms with Gasteiger partial charge in [-0.2, -0.15) is 5.10 Å². The maximum atomic E-state index is 12.2. The summed E-state index contributed by atoms with van der Waals surface area (Å²) in [4.78, 5) is 12.2. The van der Waals surface area contributed by atoms with Gasteiger partial charge in [0, 0.05) is 29.2 Å². The maximum absolute atomic E-state index is 12.2. The number of aliphatic hydroxyl groups excluding tert-OH is 1. The molecule has 0 aliphatic rings. The molecule has 0 bridgehead atoms. The number of aryl methyl sites for hydroxylation is 1. The van der Waals surface area contributed by atoms with Gasteiger partial charge in [-0.05, 0) is 24.1 Å². The zero-order valence-corrected chi connectivity index (χ0v) is 16.7. The van der Waals surface area contributed by atoms with Gasteiger partial charge in [-0.1, -0.05) is 78.4 Å². The highest BCUT2D eigenvalue weighted by atomic mass is 16.3. The number of fused-ring (bicyclic) bond motifs is 1. The van der Waals surface area contributed by atoms with Crippen molar-refractivity contribution >= 4 is 23.0 Å². The fourth-order valence-electron chi connectivity index (χ4n) is 3.41. The molecular weight excluding hydrogens is 374 g/mol. The predicted molar refractivity (Wildman–Crippen MR) is 119 cm³/mol. The Hall–Kier alpha value is -3.70. The monoisotopic (exact) mass is 397 g/mol. The second-order valence-corrected chi connectivity index (χ2v) is 7.26. The number of benzene rings is 3. The van der Waals surface area contributed by atoms with E-state index >= 15 is 0 Å². The molecule has 1 amide bonds. The van der Waals surface area contributed by atoms with Crippen molar-refractivity contribution in [3.8, 4) is 0 Å². The summed E-state index contributed by atoms with van der Waals surface area (Å²) in [5.74, 6) is -0.569. The molecule has 4 rings (SSSR count). The molecule has 5 heteroatoms. The van der Waals surface area contributed by atoms with E-state index in [-0.39, 0.29) is 0 Å². The van der Waals surface area contributed by atoms with E-state index in [0.717, 1.165) is 23.0 Å². The molecule has 0 aliphatic heterocycles. The molecule has 0 radical (unpaired) electrons. The quantitative estimate of drug-likeness (QED) is 0.379. The van der Waals surface area contributed by atoms with Crippen molar-refractivity contribution in [3.63, 3.8) is 0 Å². The normalized spacial score (nSPS) is 12.3. The topological polar surface area (TPSA) is 66.6 Å². The van der Waals surface area contributed by atoms with Crippen molar-refractivity contribution in [2.24, 2.45) is 5.10 Å². The Morgan fingerprint density at radius 2 is 1.73 bits per heavy atom. The largest absolute Gasteiger partial charge is 0.378 e. The number of rotatable bonds is 6. The number of hydrogen-bond donors (Lipinski definition) is 2. The third kappa shape index (κ3) is 4.31. The van der Waals surface area contributed by atoms with Crippen LogP contribution < -0.4 is 5.43 Å². The van der Waals surface area contributed by atoms with Crippen LogP contribution in [0.25, 0.3) is 10.9 Å². The summed E-state index contributed by atoms with van der Waals surface area (Å²) in [5.41, 5.74) is 7.39. The summed E-state index contributed by atoms with van der Waals surface area (Å²) in [5, 5.41) is 15.3. The molecule has 0 saturated heterocycles. The Morgan fingerprint density at radius 3 is 2.50 bits per heavy atom. The van der Waals surface area contributed by atoms with Gasteiger partial charge in [-0.25, -0.2) is 5.43 Å². The van der Waals surface area contributed by atoms with Crippen molar-refractivity contribution in [1.29, 1.82) is 0 Å². The fraction of sp³-hybridized carbons (Fsp3) is 0.120. The summed E-state index contributed by atoms with van der Waals surface area (Å²) < 4.78 is 2.17. The first-order chi connectivity index (χ1) is 14.6. The van der Waals surface area contributed by atoms with Gasteiger partial charge in [-0.15, -0.1) is 0 Å². The first-order valence-electron chi connectivity index (χ1n) is 9.81. The van der Waals surface area contributed by atoms with Crippen LogP contribution in [0.1, 0.15) is 28.4 Å². The van der Waals surface area contributed by atoms with Crippen molar-refractivity contribution in [1.82, 2.24) is 9.99 Å². The summed E-state index contributed by atoms with van der Waals surface area (Å²) >= 11 is 0. The molecule has 1 atom stereocenters. The van der Waals surface area contributed by atoms with Crippen molar-refractivity contribution < 1.29 is 9.90 Å². The minimum atomic E-state index is -1.26. The number of hydrazone groups is 1. The Kier molecular flexibility index (Phi) is 5.72. The van der Waals surface area contributed by atoms with Crippen LogP contribution in [0.5, 0.6) is 0 Å². The number of nitrogens with zero attached hydrogens (tertiary/aromatic N) is 2. The van der Waals surface area contributed by atoms with Gasteiger partial charge in [0.1, 0.15) is 0 Å². The van der Waals surface area contributed by atoms with E-state index < -0.39 is 12.0 Å². The Labute approximate surface area is 175 Å². The van der Waals surface area contributed by atoms with Gasteiger partial charge in [0.15, 0.2) is 6.10 Å². The molecule has 0 aliphatic carbocycles. The van der Waals surface area contributed by atoms with Gasteiger partial charge >= 0.3 is 0 Å². The van der Waals surface area contributed by atoms with Crippen LogP contribution in [0.3, 0.4) is 0 Å². The van der Waals surface area contributed by atoms with Gasteiger partial charge in [-0.3, -0.25) is 4.79 Å². The van der Waals surface area contributed by atoms with Crippen molar-refractivity contribution in [2.45, 2.75) is 19.6 Å². The van der Waals surface area contributed by atoms with Crippen LogP contribution >= 0.6 is 0 Å². The minimum Gasteiger partial charge on any atom is -0.378 e. The molecule has 4 aromatic rings. The van der Waals surface area contributed by atoms with E-state index in [1.807, 2.05) is 30.5 Å². The highest BCUT2D eigenvalue weighted by Crippen LogP contribution is 2.21. The molecule has 0 saturated carbocycles. The number of carbonyl (C=O) groups excluding carboxylic acids is 1. The number of aromatic nitrogens is 1. The number of para-hydroxylation sites is 1. The highest BCUT2D eigenvalue weighted by Gasteiger charge is 2.16. The third-order valence-corrected chi connectivity index (χ3v) is 5.03. The zero-order valence-electron chi connectivity index (χ0n) is 16.7. The smallest absolute Gasteiger partial charge is 0.273 e. The van der Waals surface area contributed by atoms with Crippen LogP contribution in [-0.2, 0) is 11.3 Å². The van der Waals surface area contributed by atoms with Gasteiger partial charge in [0.25, 0.3) is 5.91 Å². The molecule has 2 N–H and O–H groups in total. The minimum absolute atomic E-state index is 0.528. The summed E-state index contributed by atoms with van der Waals surface area (Å²) in [7, 11) is 0.